The normalized spacial score (nSPS) is 11.1. The van der Waals surface area contributed by atoms with Crippen LogP contribution in [0.2, 0.25) is 0 Å². The topological polar surface area (TPSA) is 97.7 Å². The lowest BCUT2D eigenvalue weighted by atomic mass is 9.92. The Morgan fingerprint density at radius 3 is 2.21 bits per heavy atom. The minimum absolute atomic E-state index is 0.0957. The smallest absolute Gasteiger partial charge is 0.322 e. The largest absolute Gasteiger partial charge is 0.497 e. The van der Waals surface area contributed by atoms with E-state index in [0.29, 0.717) is 24.7 Å². The fraction of sp³-hybridized carbons (Fsp3) is 0.414. The second-order valence-corrected chi connectivity index (χ2v) is 9.99. The van der Waals surface area contributed by atoms with Gasteiger partial charge >= 0.3 is 6.03 Å². The van der Waals surface area contributed by atoms with Gasteiger partial charge in [0.1, 0.15) is 23.9 Å². The molecule has 2 N–H and O–H groups in total. The first-order chi connectivity index (χ1) is 18.1. The average Bonchev–Trinajstić information content (AvgIpc) is 3.32. The van der Waals surface area contributed by atoms with Crippen LogP contribution in [-0.2, 0) is 10.2 Å². The first kappa shape index (κ1) is 28.6. The number of urea groups is 1. The maximum absolute atomic E-state index is 13.2. The van der Waals surface area contributed by atoms with E-state index in [1.54, 1.807) is 36.1 Å². The Balaban J connectivity index is 1.77. The average molecular weight is 522 g/mol. The number of nitrogens with zero attached hydrogens (tertiary/aromatic N) is 3. The summed E-state index contributed by atoms with van der Waals surface area (Å²) < 4.78 is 12.4. The van der Waals surface area contributed by atoms with Crippen molar-refractivity contribution in [2.45, 2.75) is 52.9 Å². The molecule has 0 unspecified atom stereocenters. The van der Waals surface area contributed by atoms with Crippen molar-refractivity contribution >= 4 is 23.4 Å². The number of amides is 3. The van der Waals surface area contributed by atoms with Crippen LogP contribution in [0, 0.1) is 0 Å². The number of carbonyl (C=O) groups is 2. The number of carbonyl (C=O) groups excluding carboxylic acids is 2. The molecule has 2 aromatic carbocycles. The molecule has 38 heavy (non-hydrogen) atoms. The molecular formula is C29H39N5O4. The van der Waals surface area contributed by atoms with E-state index in [-0.39, 0.29) is 23.9 Å². The van der Waals surface area contributed by atoms with Gasteiger partial charge in [-0.1, -0.05) is 34.1 Å². The highest BCUT2D eigenvalue weighted by atomic mass is 16.5. The van der Waals surface area contributed by atoms with Gasteiger partial charge in [-0.15, -0.1) is 0 Å². The molecule has 1 aromatic heterocycles. The summed E-state index contributed by atoms with van der Waals surface area (Å²) in [6, 6.07) is 16.1. The maximum Gasteiger partial charge on any atom is 0.322 e. The van der Waals surface area contributed by atoms with Gasteiger partial charge in [0.25, 0.3) is 0 Å². The van der Waals surface area contributed by atoms with Crippen molar-refractivity contribution in [3.05, 3.63) is 60.3 Å². The summed E-state index contributed by atoms with van der Waals surface area (Å²) >= 11 is 0. The zero-order valence-electron chi connectivity index (χ0n) is 23.2. The van der Waals surface area contributed by atoms with Crippen molar-refractivity contribution in [2.75, 3.05) is 37.4 Å². The second-order valence-electron chi connectivity index (χ2n) is 9.99. The quantitative estimate of drug-likeness (QED) is 0.330. The van der Waals surface area contributed by atoms with Crippen LogP contribution in [0.5, 0.6) is 11.5 Å². The predicted molar refractivity (Wildman–Crippen MR) is 151 cm³/mol. The van der Waals surface area contributed by atoms with E-state index in [4.69, 9.17) is 14.6 Å². The van der Waals surface area contributed by atoms with Gasteiger partial charge in [0.05, 0.1) is 25.1 Å². The third kappa shape index (κ3) is 7.74. The van der Waals surface area contributed by atoms with Gasteiger partial charge in [-0.2, -0.15) is 5.10 Å². The molecule has 0 spiro atoms. The second kappa shape index (κ2) is 13.0. The van der Waals surface area contributed by atoms with Crippen LogP contribution in [-0.4, -0.2) is 53.4 Å². The maximum atomic E-state index is 13.2. The van der Waals surface area contributed by atoms with Crippen LogP contribution in [0.4, 0.5) is 16.3 Å². The van der Waals surface area contributed by atoms with E-state index in [0.717, 1.165) is 35.7 Å². The number of hydrogen-bond donors (Lipinski definition) is 2. The van der Waals surface area contributed by atoms with Crippen molar-refractivity contribution < 1.29 is 19.1 Å². The molecule has 0 aliphatic heterocycles. The van der Waals surface area contributed by atoms with Gasteiger partial charge in [0.2, 0.25) is 5.91 Å². The van der Waals surface area contributed by atoms with Crippen LogP contribution in [0.25, 0.3) is 5.69 Å². The van der Waals surface area contributed by atoms with Crippen molar-refractivity contribution in [3.63, 3.8) is 0 Å². The summed E-state index contributed by atoms with van der Waals surface area (Å²) in [5.41, 5.74) is 2.03. The summed E-state index contributed by atoms with van der Waals surface area (Å²) in [7, 11) is 1.61. The number of methoxy groups -OCH3 is 1. The van der Waals surface area contributed by atoms with Gasteiger partial charge in [0, 0.05) is 23.7 Å². The molecule has 3 aromatic rings. The SMILES string of the molecule is CCCCN(CC(=O)Nc1cc(C(C)(C)C)nn1-c1ccc(OC)cc1)C(=O)Nc1ccc(OCC)cc1. The van der Waals surface area contributed by atoms with Crippen molar-refractivity contribution in [1.82, 2.24) is 14.7 Å². The highest BCUT2D eigenvalue weighted by molar-refractivity contribution is 5.96. The fourth-order valence-corrected chi connectivity index (χ4v) is 3.72. The van der Waals surface area contributed by atoms with Crippen LogP contribution in [0.1, 0.15) is 53.2 Å². The Morgan fingerprint density at radius 2 is 1.63 bits per heavy atom. The van der Waals surface area contributed by atoms with Gasteiger partial charge in [-0.25, -0.2) is 9.48 Å². The third-order valence-electron chi connectivity index (χ3n) is 5.88. The number of anilines is 2. The highest BCUT2D eigenvalue weighted by Crippen LogP contribution is 2.27. The lowest BCUT2D eigenvalue weighted by Crippen LogP contribution is -2.41. The Bertz CT molecular complexity index is 1200. The Morgan fingerprint density at radius 1 is 0.974 bits per heavy atom. The van der Waals surface area contributed by atoms with E-state index in [9.17, 15) is 9.59 Å². The van der Waals surface area contributed by atoms with Gasteiger partial charge < -0.3 is 25.0 Å². The zero-order valence-corrected chi connectivity index (χ0v) is 23.2. The third-order valence-corrected chi connectivity index (χ3v) is 5.88. The minimum Gasteiger partial charge on any atom is -0.497 e. The standard InChI is InChI=1S/C29H39N5O4/c1-7-9-18-33(28(36)30-21-10-14-24(15-11-21)38-8-2)20-27(35)31-26-19-25(29(3,4)5)32-34(26)22-12-16-23(37-6)17-13-22/h10-17,19H,7-9,18,20H2,1-6H3,(H,30,36)(H,31,35). The molecule has 3 amide bonds. The molecule has 0 fully saturated rings. The molecule has 0 saturated heterocycles. The number of ether oxygens (including phenoxy) is 2. The van der Waals surface area contributed by atoms with Crippen LogP contribution in [0.3, 0.4) is 0 Å². The minimum atomic E-state index is -0.336. The first-order valence-corrected chi connectivity index (χ1v) is 13.0. The molecule has 0 aliphatic rings. The monoisotopic (exact) mass is 521 g/mol. The highest BCUT2D eigenvalue weighted by Gasteiger charge is 2.23. The Kier molecular flexibility index (Phi) is 9.76. The van der Waals surface area contributed by atoms with Crippen molar-refractivity contribution in [1.29, 1.82) is 0 Å². The number of benzene rings is 2. The zero-order chi connectivity index (χ0) is 27.7. The Hall–Kier alpha value is -4.01. The van der Waals surface area contributed by atoms with E-state index >= 15 is 0 Å². The van der Waals surface area contributed by atoms with Gasteiger partial charge in [-0.05, 0) is 61.9 Å². The van der Waals surface area contributed by atoms with Crippen molar-refractivity contribution in [2.24, 2.45) is 0 Å². The summed E-state index contributed by atoms with van der Waals surface area (Å²) in [6.07, 6.45) is 1.68. The van der Waals surface area contributed by atoms with Crippen LogP contribution >= 0.6 is 0 Å². The van der Waals surface area contributed by atoms with Gasteiger partial charge in [-0.3, -0.25) is 4.79 Å². The van der Waals surface area contributed by atoms with Crippen molar-refractivity contribution in [3.8, 4) is 17.2 Å². The molecule has 204 valence electrons. The number of hydrogen-bond acceptors (Lipinski definition) is 5. The summed E-state index contributed by atoms with van der Waals surface area (Å²) in [5.74, 6) is 1.69. The van der Waals surface area contributed by atoms with E-state index in [1.807, 2.05) is 44.2 Å². The fourth-order valence-electron chi connectivity index (χ4n) is 3.72. The van der Waals surface area contributed by atoms with E-state index in [2.05, 4.69) is 31.4 Å². The molecule has 3 rings (SSSR count). The number of unbranched alkanes of at least 4 members (excludes halogenated alkanes) is 1. The number of rotatable bonds is 11. The van der Waals surface area contributed by atoms with E-state index < -0.39 is 0 Å². The molecule has 0 radical (unpaired) electrons. The number of nitrogens with one attached hydrogen (secondary N) is 2. The molecule has 0 atom stereocenters. The lowest BCUT2D eigenvalue weighted by Gasteiger charge is -2.22. The molecule has 0 saturated carbocycles. The summed E-state index contributed by atoms with van der Waals surface area (Å²) in [6.45, 7) is 11.1. The molecule has 9 nitrogen and oxygen atoms in total. The molecule has 0 aliphatic carbocycles. The Labute approximate surface area is 225 Å². The van der Waals surface area contributed by atoms with Crippen LogP contribution in [0.15, 0.2) is 54.6 Å². The lowest BCUT2D eigenvalue weighted by molar-refractivity contribution is -0.116. The molecule has 9 heteroatoms. The number of aromatic nitrogens is 2. The summed E-state index contributed by atoms with van der Waals surface area (Å²) in [5, 5.41) is 10.6. The molecule has 0 bridgehead atoms. The predicted octanol–water partition coefficient (Wildman–Crippen LogP) is 5.85. The molecule has 1 heterocycles. The summed E-state index contributed by atoms with van der Waals surface area (Å²) in [4.78, 5) is 27.8. The van der Waals surface area contributed by atoms with Gasteiger partial charge in [0.15, 0.2) is 0 Å². The van der Waals surface area contributed by atoms with E-state index in [1.165, 1.54) is 4.90 Å². The molecular weight excluding hydrogens is 482 g/mol. The van der Waals surface area contributed by atoms with Crippen LogP contribution < -0.4 is 20.1 Å². The first-order valence-electron chi connectivity index (χ1n) is 13.0.